The van der Waals surface area contributed by atoms with Crippen molar-refractivity contribution in [2.45, 2.75) is 18.9 Å². The Balaban J connectivity index is 1.93. The molecule has 0 unspecified atom stereocenters. The topological polar surface area (TPSA) is 109 Å². The van der Waals surface area contributed by atoms with Gasteiger partial charge in [-0.2, -0.15) is 5.10 Å². The van der Waals surface area contributed by atoms with E-state index in [1.54, 1.807) is 23.9 Å². The number of rotatable bonds is 5. The van der Waals surface area contributed by atoms with Gasteiger partial charge in [0.25, 0.3) is 5.91 Å². The first kappa shape index (κ1) is 17.4. The van der Waals surface area contributed by atoms with Gasteiger partial charge in [-0.25, -0.2) is 5.01 Å². The predicted octanol–water partition coefficient (Wildman–Crippen LogP) is -1.76. The third-order valence-corrected chi connectivity index (χ3v) is 3.82. The highest BCUT2D eigenvalue weighted by Gasteiger charge is 2.30. The van der Waals surface area contributed by atoms with Crippen LogP contribution in [0.3, 0.4) is 0 Å². The Labute approximate surface area is 135 Å². The molecule has 2 aliphatic heterocycles. The lowest BCUT2D eigenvalue weighted by Gasteiger charge is -2.35. The standard InChI is InChI=1S/C14H23N5O4/c1-17(9-12(15)20)7-10-8-19(5-6-23-10)14(22)11-3-4-13(21)18(2)16-11/h10H,3-9H2,1-2H3,(H2,15,20)/t10-/m1/s1. The molecule has 128 valence electrons. The number of morpholine rings is 1. The summed E-state index contributed by atoms with van der Waals surface area (Å²) in [5.74, 6) is -0.648. The van der Waals surface area contributed by atoms with Gasteiger partial charge in [-0.1, -0.05) is 0 Å². The van der Waals surface area contributed by atoms with Gasteiger partial charge in [0, 0.05) is 39.5 Å². The summed E-state index contributed by atoms with van der Waals surface area (Å²) in [6, 6.07) is 0. The van der Waals surface area contributed by atoms with Crippen molar-refractivity contribution in [1.82, 2.24) is 14.8 Å². The van der Waals surface area contributed by atoms with Crippen LogP contribution in [0.2, 0.25) is 0 Å². The highest BCUT2D eigenvalue weighted by Crippen LogP contribution is 2.12. The minimum absolute atomic E-state index is 0.0884. The lowest BCUT2D eigenvalue weighted by molar-refractivity contribution is -0.134. The summed E-state index contributed by atoms with van der Waals surface area (Å²) in [6.07, 6.45) is 0.488. The molecule has 1 saturated heterocycles. The summed E-state index contributed by atoms with van der Waals surface area (Å²) in [5, 5.41) is 5.28. The Morgan fingerprint density at radius 3 is 2.83 bits per heavy atom. The number of ether oxygens (including phenoxy) is 1. The van der Waals surface area contributed by atoms with Crippen LogP contribution in [0.1, 0.15) is 12.8 Å². The fraction of sp³-hybridized carbons (Fsp3) is 0.714. The maximum absolute atomic E-state index is 12.5. The van der Waals surface area contributed by atoms with Gasteiger partial charge in [0.2, 0.25) is 11.8 Å². The van der Waals surface area contributed by atoms with Crippen molar-refractivity contribution >= 4 is 23.4 Å². The first-order valence-corrected chi connectivity index (χ1v) is 7.58. The van der Waals surface area contributed by atoms with Gasteiger partial charge in [0.05, 0.1) is 19.3 Å². The molecule has 2 N–H and O–H groups in total. The van der Waals surface area contributed by atoms with Crippen LogP contribution in [0.25, 0.3) is 0 Å². The summed E-state index contributed by atoms with van der Waals surface area (Å²) < 4.78 is 5.64. The van der Waals surface area contributed by atoms with Gasteiger partial charge >= 0.3 is 0 Å². The molecule has 0 radical (unpaired) electrons. The molecule has 0 spiro atoms. The second kappa shape index (κ2) is 7.51. The van der Waals surface area contributed by atoms with Crippen LogP contribution in [0.4, 0.5) is 0 Å². The quantitative estimate of drug-likeness (QED) is 0.644. The van der Waals surface area contributed by atoms with Gasteiger partial charge in [-0.05, 0) is 7.05 Å². The first-order chi connectivity index (χ1) is 10.9. The molecule has 2 aliphatic rings. The van der Waals surface area contributed by atoms with E-state index in [1.165, 1.54) is 5.01 Å². The van der Waals surface area contributed by atoms with Gasteiger partial charge in [0.15, 0.2) is 0 Å². The monoisotopic (exact) mass is 325 g/mol. The fourth-order valence-corrected chi connectivity index (χ4v) is 2.70. The van der Waals surface area contributed by atoms with E-state index in [9.17, 15) is 14.4 Å². The Hall–Kier alpha value is -2.00. The Bertz CT molecular complexity index is 521. The van der Waals surface area contributed by atoms with E-state index in [0.29, 0.717) is 44.8 Å². The molecule has 0 aromatic carbocycles. The lowest BCUT2D eigenvalue weighted by Crippen LogP contribution is -2.52. The third kappa shape index (κ3) is 4.73. The van der Waals surface area contributed by atoms with Crippen molar-refractivity contribution in [2.75, 3.05) is 46.9 Å². The first-order valence-electron chi connectivity index (χ1n) is 7.58. The smallest absolute Gasteiger partial charge is 0.270 e. The van der Waals surface area contributed by atoms with E-state index in [0.717, 1.165) is 0 Å². The second-order valence-electron chi connectivity index (χ2n) is 5.87. The number of likely N-dealkylation sites (N-methyl/N-ethyl adjacent to an activating group) is 1. The zero-order valence-electron chi connectivity index (χ0n) is 13.5. The number of nitrogens with zero attached hydrogens (tertiary/aromatic N) is 4. The number of amides is 3. The second-order valence-corrected chi connectivity index (χ2v) is 5.87. The molecule has 2 heterocycles. The number of hydrazone groups is 1. The molecule has 0 aromatic rings. The van der Waals surface area contributed by atoms with Crippen molar-refractivity contribution in [3.05, 3.63) is 0 Å². The predicted molar refractivity (Wildman–Crippen MR) is 82.5 cm³/mol. The van der Waals surface area contributed by atoms with E-state index in [4.69, 9.17) is 10.5 Å². The number of nitrogens with two attached hydrogens (primary N) is 1. The molecule has 2 rings (SSSR count). The van der Waals surface area contributed by atoms with Gasteiger partial charge in [0.1, 0.15) is 5.71 Å². The molecule has 0 aromatic heterocycles. The van der Waals surface area contributed by atoms with Crippen LogP contribution < -0.4 is 5.73 Å². The average molecular weight is 325 g/mol. The molecule has 9 heteroatoms. The maximum atomic E-state index is 12.5. The zero-order chi connectivity index (χ0) is 17.0. The molecule has 0 aliphatic carbocycles. The number of carbonyl (C=O) groups excluding carboxylic acids is 3. The minimum atomic E-state index is -0.402. The van der Waals surface area contributed by atoms with Gasteiger partial charge in [-0.3, -0.25) is 19.3 Å². The molecule has 23 heavy (non-hydrogen) atoms. The number of primary amides is 1. The highest BCUT2D eigenvalue weighted by molar-refractivity contribution is 6.39. The van der Waals surface area contributed by atoms with Crippen LogP contribution in [0.5, 0.6) is 0 Å². The maximum Gasteiger partial charge on any atom is 0.270 e. The zero-order valence-corrected chi connectivity index (χ0v) is 13.5. The van der Waals surface area contributed by atoms with Crippen molar-refractivity contribution in [2.24, 2.45) is 10.8 Å². The molecule has 3 amide bonds. The molecular formula is C14H23N5O4. The SMILES string of the molecule is CN(CC(N)=O)C[C@@H]1CN(C(=O)C2=NN(C)C(=O)CC2)CCO1. The summed E-state index contributed by atoms with van der Waals surface area (Å²) in [6.45, 7) is 2.01. The van der Waals surface area contributed by atoms with E-state index in [2.05, 4.69) is 5.10 Å². The summed E-state index contributed by atoms with van der Waals surface area (Å²) in [7, 11) is 3.33. The van der Waals surface area contributed by atoms with Crippen LogP contribution >= 0.6 is 0 Å². The number of carbonyl (C=O) groups is 3. The van der Waals surface area contributed by atoms with Gasteiger partial charge in [-0.15, -0.1) is 0 Å². The fourth-order valence-electron chi connectivity index (χ4n) is 2.70. The van der Waals surface area contributed by atoms with E-state index in [1.807, 2.05) is 0 Å². The Morgan fingerprint density at radius 2 is 2.17 bits per heavy atom. The molecule has 1 atom stereocenters. The highest BCUT2D eigenvalue weighted by atomic mass is 16.5. The summed E-state index contributed by atoms with van der Waals surface area (Å²) in [4.78, 5) is 38.3. The summed E-state index contributed by atoms with van der Waals surface area (Å²) in [5.41, 5.74) is 5.56. The third-order valence-electron chi connectivity index (χ3n) is 3.82. The van der Waals surface area contributed by atoms with Crippen molar-refractivity contribution in [3.8, 4) is 0 Å². The van der Waals surface area contributed by atoms with Crippen molar-refractivity contribution in [1.29, 1.82) is 0 Å². The van der Waals surface area contributed by atoms with Crippen molar-refractivity contribution < 1.29 is 19.1 Å². The minimum Gasteiger partial charge on any atom is -0.373 e. The summed E-state index contributed by atoms with van der Waals surface area (Å²) >= 11 is 0. The number of hydrogen-bond donors (Lipinski definition) is 1. The van der Waals surface area contributed by atoms with Crippen LogP contribution in [-0.4, -0.2) is 91.2 Å². The molecular weight excluding hydrogens is 302 g/mol. The van der Waals surface area contributed by atoms with Crippen LogP contribution in [0, 0.1) is 0 Å². The molecule has 0 saturated carbocycles. The normalized spacial score (nSPS) is 22.3. The van der Waals surface area contributed by atoms with E-state index >= 15 is 0 Å². The van der Waals surface area contributed by atoms with Crippen molar-refractivity contribution in [3.63, 3.8) is 0 Å². The largest absolute Gasteiger partial charge is 0.373 e. The van der Waals surface area contributed by atoms with Crippen LogP contribution in [0.15, 0.2) is 5.10 Å². The molecule has 1 fully saturated rings. The Kier molecular flexibility index (Phi) is 5.67. The van der Waals surface area contributed by atoms with Crippen LogP contribution in [-0.2, 0) is 19.1 Å². The number of hydrogen-bond acceptors (Lipinski definition) is 6. The molecule has 9 nitrogen and oxygen atoms in total. The van der Waals surface area contributed by atoms with E-state index < -0.39 is 5.91 Å². The lowest BCUT2D eigenvalue weighted by atomic mass is 10.1. The average Bonchev–Trinajstić information content (AvgIpc) is 2.48. The molecule has 0 bridgehead atoms. The van der Waals surface area contributed by atoms with E-state index in [-0.39, 0.29) is 24.5 Å². The van der Waals surface area contributed by atoms with Gasteiger partial charge < -0.3 is 15.4 Å². The Morgan fingerprint density at radius 1 is 1.43 bits per heavy atom.